The Morgan fingerprint density at radius 1 is 0.967 bits per heavy atom. The first kappa shape index (κ1) is 19.9. The number of benzene rings is 3. The van der Waals surface area contributed by atoms with Gasteiger partial charge in [0.05, 0.1) is 19.1 Å². The van der Waals surface area contributed by atoms with E-state index in [0.29, 0.717) is 11.5 Å². The molecule has 0 aliphatic carbocycles. The fourth-order valence-electron chi connectivity index (χ4n) is 3.75. The number of rotatable bonds is 7. The summed E-state index contributed by atoms with van der Waals surface area (Å²) in [5.74, 6) is 0.206. The molecule has 3 aromatic carbocycles. The second kappa shape index (κ2) is 8.55. The van der Waals surface area contributed by atoms with E-state index in [0.717, 1.165) is 11.3 Å². The maximum atomic E-state index is 13.1. The Balaban J connectivity index is 1.57. The largest absolute Gasteiger partial charge is 0.497 e. The van der Waals surface area contributed by atoms with Crippen LogP contribution in [0, 0.1) is 5.82 Å². The Bertz CT molecular complexity index is 992. The number of para-hydroxylation sites is 1. The van der Waals surface area contributed by atoms with Gasteiger partial charge in [-0.05, 0) is 54.1 Å². The van der Waals surface area contributed by atoms with Crippen molar-refractivity contribution in [2.24, 2.45) is 0 Å². The van der Waals surface area contributed by atoms with Gasteiger partial charge in [-0.3, -0.25) is 4.79 Å². The number of amides is 1. The molecule has 1 N–H and O–H groups in total. The minimum absolute atomic E-state index is 0.0282. The summed E-state index contributed by atoms with van der Waals surface area (Å²) in [5, 5.41) is 10.9. The van der Waals surface area contributed by atoms with Crippen molar-refractivity contribution < 1.29 is 23.8 Å². The number of halogens is 1. The van der Waals surface area contributed by atoms with Crippen molar-refractivity contribution in [2.75, 3.05) is 18.6 Å². The Morgan fingerprint density at radius 2 is 1.60 bits per heavy atom. The van der Waals surface area contributed by atoms with Gasteiger partial charge in [-0.25, -0.2) is 4.39 Å². The molecule has 0 spiro atoms. The van der Waals surface area contributed by atoms with E-state index in [-0.39, 0.29) is 18.3 Å². The molecular formula is C24H22FNO4. The van der Waals surface area contributed by atoms with Crippen molar-refractivity contribution in [1.29, 1.82) is 0 Å². The molecule has 1 saturated heterocycles. The number of carbonyl (C=O) groups is 1. The minimum atomic E-state index is -0.944. The second-order valence-electron chi connectivity index (χ2n) is 7.12. The fourth-order valence-corrected chi connectivity index (χ4v) is 3.75. The second-order valence-corrected chi connectivity index (χ2v) is 7.12. The molecule has 4 rings (SSSR count). The standard InChI is InChI=1S/C24H22FNO4/c1-29-19-11-7-16(8-12-19)22-23(26(24(22)28)18-5-3-2-4-6-18)21(27)15-30-20-13-9-17(25)10-14-20/h2-14,21-23,27H,15H2,1H3/t21-,22-,23+/m0/s1. The molecular weight excluding hydrogens is 385 g/mol. The number of carbonyl (C=O) groups excluding carboxylic acids is 1. The first-order valence-electron chi connectivity index (χ1n) is 9.67. The Kier molecular flexibility index (Phi) is 5.68. The SMILES string of the molecule is COc1ccc([C@@H]2C(=O)N(c3ccccc3)[C@@H]2[C@@H](O)COc2ccc(F)cc2)cc1. The number of nitrogens with zero attached hydrogens (tertiary/aromatic N) is 1. The van der Waals surface area contributed by atoms with Gasteiger partial charge in [-0.2, -0.15) is 0 Å². The van der Waals surface area contributed by atoms with E-state index >= 15 is 0 Å². The highest BCUT2D eigenvalue weighted by molar-refractivity contribution is 6.06. The molecule has 5 nitrogen and oxygen atoms in total. The van der Waals surface area contributed by atoms with E-state index in [1.165, 1.54) is 24.3 Å². The predicted octanol–water partition coefficient (Wildman–Crippen LogP) is 3.77. The van der Waals surface area contributed by atoms with Crippen molar-refractivity contribution in [3.8, 4) is 11.5 Å². The molecule has 6 heteroatoms. The summed E-state index contributed by atoms with van der Waals surface area (Å²) in [6.45, 7) is -0.0282. The lowest BCUT2D eigenvalue weighted by Gasteiger charge is -2.49. The van der Waals surface area contributed by atoms with Crippen molar-refractivity contribution >= 4 is 11.6 Å². The summed E-state index contributed by atoms with van der Waals surface area (Å²) in [6.07, 6.45) is -0.944. The van der Waals surface area contributed by atoms with E-state index < -0.39 is 18.1 Å². The van der Waals surface area contributed by atoms with Gasteiger partial charge >= 0.3 is 0 Å². The van der Waals surface area contributed by atoms with Gasteiger partial charge in [-0.1, -0.05) is 30.3 Å². The quantitative estimate of drug-likeness (QED) is 0.606. The van der Waals surface area contributed by atoms with Crippen molar-refractivity contribution in [1.82, 2.24) is 0 Å². The van der Waals surface area contributed by atoms with Gasteiger partial charge in [0, 0.05) is 5.69 Å². The third-order valence-electron chi connectivity index (χ3n) is 5.28. The lowest BCUT2D eigenvalue weighted by atomic mass is 9.78. The molecule has 1 heterocycles. The van der Waals surface area contributed by atoms with Crippen LogP contribution in [-0.4, -0.2) is 36.9 Å². The van der Waals surface area contributed by atoms with E-state index in [1.54, 1.807) is 24.1 Å². The summed E-state index contributed by atoms with van der Waals surface area (Å²) < 4.78 is 23.9. The summed E-state index contributed by atoms with van der Waals surface area (Å²) in [7, 11) is 1.58. The van der Waals surface area contributed by atoms with Crippen LogP contribution in [0.3, 0.4) is 0 Å². The first-order valence-corrected chi connectivity index (χ1v) is 9.67. The molecule has 1 aliphatic heterocycles. The van der Waals surface area contributed by atoms with E-state index in [1.807, 2.05) is 42.5 Å². The monoisotopic (exact) mass is 407 g/mol. The lowest BCUT2D eigenvalue weighted by Crippen LogP contribution is -2.65. The number of methoxy groups -OCH3 is 1. The zero-order valence-corrected chi connectivity index (χ0v) is 16.4. The number of hydrogen-bond acceptors (Lipinski definition) is 4. The highest BCUT2D eigenvalue weighted by Crippen LogP contribution is 2.41. The van der Waals surface area contributed by atoms with Crippen LogP contribution < -0.4 is 14.4 Å². The molecule has 0 radical (unpaired) electrons. The van der Waals surface area contributed by atoms with Gasteiger partial charge in [-0.15, -0.1) is 0 Å². The molecule has 0 aromatic heterocycles. The van der Waals surface area contributed by atoms with Crippen LogP contribution in [0.2, 0.25) is 0 Å². The van der Waals surface area contributed by atoms with Crippen LogP contribution in [0.15, 0.2) is 78.9 Å². The third-order valence-corrected chi connectivity index (χ3v) is 5.28. The van der Waals surface area contributed by atoms with Crippen LogP contribution in [0.5, 0.6) is 11.5 Å². The van der Waals surface area contributed by atoms with Crippen molar-refractivity contribution in [2.45, 2.75) is 18.1 Å². The molecule has 30 heavy (non-hydrogen) atoms. The molecule has 154 valence electrons. The average Bonchev–Trinajstić information content (AvgIpc) is 2.78. The van der Waals surface area contributed by atoms with Gasteiger partial charge in [0.1, 0.15) is 30.0 Å². The minimum Gasteiger partial charge on any atom is -0.497 e. The molecule has 1 aliphatic rings. The molecule has 1 amide bonds. The number of hydrogen-bond donors (Lipinski definition) is 1. The van der Waals surface area contributed by atoms with Crippen molar-refractivity contribution in [3.05, 3.63) is 90.2 Å². The van der Waals surface area contributed by atoms with Crippen LogP contribution in [0.25, 0.3) is 0 Å². The molecule has 0 saturated carbocycles. The number of ether oxygens (including phenoxy) is 2. The summed E-state index contributed by atoms with van der Waals surface area (Å²) in [5.41, 5.74) is 1.52. The maximum Gasteiger partial charge on any atom is 0.237 e. The van der Waals surface area contributed by atoms with Crippen LogP contribution >= 0.6 is 0 Å². The summed E-state index contributed by atoms with van der Waals surface area (Å²) in [6, 6.07) is 21.6. The van der Waals surface area contributed by atoms with Gasteiger partial charge in [0.25, 0.3) is 0 Å². The first-order chi connectivity index (χ1) is 14.6. The van der Waals surface area contributed by atoms with E-state index in [9.17, 15) is 14.3 Å². The third kappa shape index (κ3) is 3.86. The Hall–Kier alpha value is -3.38. The highest BCUT2D eigenvalue weighted by Gasteiger charge is 2.52. The number of aliphatic hydroxyl groups excluding tert-OH is 1. The molecule has 3 aromatic rings. The molecule has 3 atom stereocenters. The van der Waals surface area contributed by atoms with Gasteiger partial charge < -0.3 is 19.5 Å². The summed E-state index contributed by atoms with van der Waals surface area (Å²) >= 11 is 0. The fraction of sp³-hybridized carbons (Fsp3) is 0.208. The molecule has 0 unspecified atom stereocenters. The topological polar surface area (TPSA) is 59.0 Å². The highest BCUT2D eigenvalue weighted by atomic mass is 19.1. The molecule has 1 fully saturated rings. The van der Waals surface area contributed by atoms with Crippen LogP contribution in [-0.2, 0) is 4.79 Å². The number of aliphatic hydroxyl groups is 1. The Morgan fingerprint density at radius 3 is 2.23 bits per heavy atom. The normalized spacial score (nSPS) is 19.2. The van der Waals surface area contributed by atoms with Crippen LogP contribution in [0.1, 0.15) is 11.5 Å². The predicted molar refractivity (Wildman–Crippen MR) is 111 cm³/mol. The molecule has 0 bridgehead atoms. The summed E-state index contributed by atoms with van der Waals surface area (Å²) in [4.78, 5) is 14.6. The van der Waals surface area contributed by atoms with Crippen molar-refractivity contribution in [3.63, 3.8) is 0 Å². The van der Waals surface area contributed by atoms with Gasteiger partial charge in [0.2, 0.25) is 5.91 Å². The van der Waals surface area contributed by atoms with Gasteiger partial charge in [0.15, 0.2) is 0 Å². The van der Waals surface area contributed by atoms with E-state index in [2.05, 4.69) is 0 Å². The smallest absolute Gasteiger partial charge is 0.237 e. The number of anilines is 1. The average molecular weight is 407 g/mol. The zero-order valence-electron chi connectivity index (χ0n) is 16.4. The van der Waals surface area contributed by atoms with E-state index in [4.69, 9.17) is 9.47 Å². The zero-order chi connectivity index (χ0) is 21.1. The number of β-lactam (4-membered cyclic amide) rings is 1. The maximum absolute atomic E-state index is 13.1. The Labute approximate surface area is 174 Å². The van der Waals surface area contributed by atoms with Crippen LogP contribution in [0.4, 0.5) is 10.1 Å². The lowest BCUT2D eigenvalue weighted by molar-refractivity contribution is -0.129.